The van der Waals surface area contributed by atoms with Crippen LogP contribution in [0, 0.1) is 10.1 Å². The minimum atomic E-state index is -4.27. The fraction of sp³-hybridized carbons (Fsp3) is 0. The van der Waals surface area contributed by atoms with Gasteiger partial charge in [0.15, 0.2) is 0 Å². The Morgan fingerprint density at radius 1 is 1.03 bits per heavy atom. The molecule has 0 saturated carbocycles. The van der Waals surface area contributed by atoms with Gasteiger partial charge in [0, 0.05) is 11.8 Å². The number of nitrogens with two attached hydrogens (primary N) is 1. The molecule has 0 saturated heterocycles. The van der Waals surface area contributed by atoms with Crippen LogP contribution in [0.2, 0.25) is 0 Å². The summed E-state index contributed by atoms with van der Waals surface area (Å²) in [4.78, 5) is 21.8. The van der Waals surface area contributed by atoms with Crippen LogP contribution in [0.4, 0.5) is 17.1 Å². The summed E-state index contributed by atoms with van der Waals surface area (Å²) in [5.74, 6) is -1.31. The maximum Gasteiger partial charge on any atom is 0.337 e. The van der Waals surface area contributed by atoms with Crippen LogP contribution in [0.25, 0.3) is 11.1 Å². The lowest BCUT2D eigenvalue weighted by Crippen LogP contribution is -2.15. The summed E-state index contributed by atoms with van der Waals surface area (Å²) in [6, 6.07) is 15.3. The highest BCUT2D eigenvalue weighted by Gasteiger charge is 2.23. The van der Waals surface area contributed by atoms with Crippen molar-refractivity contribution in [3.05, 3.63) is 82.4 Å². The van der Waals surface area contributed by atoms with Crippen molar-refractivity contribution in [1.82, 2.24) is 0 Å². The standard InChI is InChI=1S/C19H15N3O6S/c20-13-7-5-12(6-8-13)15-10-9-14(11-18(15)22(25)26)29(27,28)21-17-4-2-1-3-16(17)19(23)24/h1-11,21H,20H2,(H,23,24). The van der Waals surface area contributed by atoms with Gasteiger partial charge >= 0.3 is 5.97 Å². The number of nitrogens with one attached hydrogen (secondary N) is 1. The van der Waals surface area contributed by atoms with Gasteiger partial charge in [-0.2, -0.15) is 0 Å². The van der Waals surface area contributed by atoms with Gasteiger partial charge in [-0.1, -0.05) is 24.3 Å². The monoisotopic (exact) mass is 413 g/mol. The summed E-state index contributed by atoms with van der Waals surface area (Å²) in [6.07, 6.45) is 0. The Labute approximate surface area is 165 Å². The lowest BCUT2D eigenvalue weighted by Gasteiger charge is -2.11. The highest BCUT2D eigenvalue weighted by molar-refractivity contribution is 7.92. The number of carboxylic acid groups (broad SMARTS) is 1. The molecule has 0 unspecified atom stereocenters. The van der Waals surface area contributed by atoms with E-state index in [9.17, 15) is 28.4 Å². The van der Waals surface area contributed by atoms with Crippen molar-refractivity contribution in [3.63, 3.8) is 0 Å². The number of nitro benzene ring substituents is 1. The number of benzene rings is 3. The molecule has 0 amide bonds. The molecule has 3 aromatic rings. The zero-order valence-corrected chi connectivity index (χ0v) is 15.6. The Morgan fingerprint density at radius 2 is 1.69 bits per heavy atom. The number of hydrogen-bond acceptors (Lipinski definition) is 6. The van der Waals surface area contributed by atoms with Gasteiger partial charge in [-0.3, -0.25) is 14.8 Å². The van der Waals surface area contributed by atoms with E-state index in [2.05, 4.69) is 4.72 Å². The minimum Gasteiger partial charge on any atom is -0.478 e. The third-order valence-corrected chi connectivity index (χ3v) is 5.46. The van der Waals surface area contributed by atoms with Gasteiger partial charge in [-0.15, -0.1) is 0 Å². The maximum atomic E-state index is 12.7. The lowest BCUT2D eigenvalue weighted by molar-refractivity contribution is -0.384. The molecule has 3 aromatic carbocycles. The number of carboxylic acids is 1. The fourth-order valence-corrected chi connectivity index (χ4v) is 3.80. The molecule has 0 aromatic heterocycles. The molecule has 0 aliphatic carbocycles. The second-order valence-electron chi connectivity index (χ2n) is 6.01. The largest absolute Gasteiger partial charge is 0.478 e. The highest BCUT2D eigenvalue weighted by Crippen LogP contribution is 2.33. The molecule has 3 rings (SSSR count). The average Bonchev–Trinajstić information content (AvgIpc) is 2.68. The summed E-state index contributed by atoms with van der Waals surface area (Å²) >= 11 is 0. The molecular formula is C19H15N3O6S. The SMILES string of the molecule is Nc1ccc(-c2ccc(S(=O)(=O)Nc3ccccc3C(=O)O)cc2[N+](=O)[O-])cc1. The number of carbonyl (C=O) groups is 1. The van der Waals surface area contributed by atoms with Crippen molar-refractivity contribution in [2.24, 2.45) is 0 Å². The van der Waals surface area contributed by atoms with Gasteiger partial charge in [0.1, 0.15) is 0 Å². The zero-order chi connectivity index (χ0) is 21.2. The first kappa shape index (κ1) is 19.8. The minimum absolute atomic E-state index is 0.148. The van der Waals surface area contributed by atoms with Crippen molar-refractivity contribution < 1.29 is 23.2 Å². The number of nitrogen functional groups attached to an aromatic ring is 1. The predicted octanol–water partition coefficient (Wildman–Crippen LogP) is 3.34. The summed E-state index contributed by atoms with van der Waals surface area (Å²) in [5, 5.41) is 20.7. The molecule has 0 spiro atoms. The van der Waals surface area contributed by atoms with Gasteiger partial charge in [0.2, 0.25) is 0 Å². The van der Waals surface area contributed by atoms with Crippen molar-refractivity contribution in [2.75, 3.05) is 10.5 Å². The Kier molecular flexibility index (Phi) is 5.20. The first-order chi connectivity index (χ1) is 13.7. The number of rotatable bonds is 6. The van der Waals surface area contributed by atoms with E-state index in [0.29, 0.717) is 11.3 Å². The number of hydrogen-bond donors (Lipinski definition) is 3. The molecular weight excluding hydrogens is 398 g/mol. The van der Waals surface area contributed by atoms with E-state index in [0.717, 1.165) is 6.07 Å². The molecule has 148 valence electrons. The van der Waals surface area contributed by atoms with Gasteiger partial charge in [-0.05, 0) is 42.0 Å². The molecule has 0 aliphatic heterocycles. The Morgan fingerprint density at radius 3 is 2.31 bits per heavy atom. The number of anilines is 2. The van der Waals surface area contributed by atoms with Crippen molar-refractivity contribution in [2.45, 2.75) is 4.90 Å². The molecule has 29 heavy (non-hydrogen) atoms. The number of sulfonamides is 1. The Hall–Kier alpha value is -3.92. The van der Waals surface area contributed by atoms with E-state index in [-0.39, 0.29) is 21.7 Å². The first-order valence-corrected chi connectivity index (χ1v) is 9.67. The molecule has 4 N–H and O–H groups in total. The molecule has 9 nitrogen and oxygen atoms in total. The Bertz CT molecular complexity index is 1210. The van der Waals surface area contributed by atoms with Gasteiger partial charge < -0.3 is 10.8 Å². The molecule has 0 bridgehead atoms. The topological polar surface area (TPSA) is 153 Å². The van der Waals surface area contributed by atoms with Crippen molar-refractivity contribution >= 4 is 33.1 Å². The number of para-hydroxylation sites is 1. The highest BCUT2D eigenvalue weighted by atomic mass is 32.2. The molecule has 10 heteroatoms. The van der Waals surface area contributed by atoms with E-state index in [1.807, 2.05) is 0 Å². The zero-order valence-electron chi connectivity index (χ0n) is 14.8. The van der Waals surface area contributed by atoms with Crippen LogP contribution in [0.5, 0.6) is 0 Å². The third kappa shape index (κ3) is 4.17. The van der Waals surface area contributed by atoms with Crippen LogP contribution in [0.3, 0.4) is 0 Å². The van der Waals surface area contributed by atoms with Gasteiger partial charge in [-0.25, -0.2) is 13.2 Å². The summed E-state index contributed by atoms with van der Waals surface area (Å²) in [7, 11) is -4.27. The molecule has 0 heterocycles. The average molecular weight is 413 g/mol. The molecule has 0 radical (unpaired) electrons. The van der Waals surface area contributed by atoms with E-state index in [1.165, 1.54) is 36.4 Å². The van der Waals surface area contributed by atoms with Gasteiger partial charge in [0.25, 0.3) is 15.7 Å². The number of aromatic carboxylic acids is 1. The Balaban J connectivity index is 2.05. The second kappa shape index (κ2) is 7.60. The van der Waals surface area contributed by atoms with E-state index in [4.69, 9.17) is 5.73 Å². The molecule has 0 aliphatic rings. The molecule has 0 fully saturated rings. The van der Waals surface area contributed by atoms with Crippen LogP contribution >= 0.6 is 0 Å². The van der Waals surface area contributed by atoms with Crippen molar-refractivity contribution in [3.8, 4) is 11.1 Å². The van der Waals surface area contributed by atoms with Crippen molar-refractivity contribution in [1.29, 1.82) is 0 Å². The number of nitro groups is 1. The summed E-state index contributed by atoms with van der Waals surface area (Å²) in [5.41, 5.74) is 6.02. The van der Waals surface area contributed by atoms with Crippen LogP contribution in [-0.4, -0.2) is 24.4 Å². The van der Waals surface area contributed by atoms with Gasteiger partial charge in [0.05, 0.1) is 26.6 Å². The lowest BCUT2D eigenvalue weighted by atomic mass is 10.0. The number of nitrogens with zero attached hydrogens (tertiary/aromatic N) is 1. The smallest absolute Gasteiger partial charge is 0.337 e. The summed E-state index contributed by atoms with van der Waals surface area (Å²) < 4.78 is 27.6. The van der Waals surface area contributed by atoms with E-state index >= 15 is 0 Å². The van der Waals surface area contributed by atoms with E-state index < -0.39 is 26.6 Å². The van der Waals surface area contributed by atoms with Crippen LogP contribution < -0.4 is 10.5 Å². The predicted molar refractivity (Wildman–Crippen MR) is 107 cm³/mol. The van der Waals surface area contributed by atoms with E-state index in [1.54, 1.807) is 24.3 Å². The maximum absolute atomic E-state index is 12.7. The molecule has 0 atom stereocenters. The summed E-state index contributed by atoms with van der Waals surface area (Å²) in [6.45, 7) is 0. The second-order valence-corrected chi connectivity index (χ2v) is 7.70. The van der Waals surface area contributed by atoms with Crippen LogP contribution in [0.15, 0.2) is 71.6 Å². The first-order valence-electron chi connectivity index (χ1n) is 8.18. The third-order valence-electron chi connectivity index (χ3n) is 4.10. The van der Waals surface area contributed by atoms with Crippen LogP contribution in [0.1, 0.15) is 10.4 Å². The van der Waals surface area contributed by atoms with Crippen LogP contribution in [-0.2, 0) is 10.0 Å². The quantitative estimate of drug-likeness (QED) is 0.318. The normalized spacial score (nSPS) is 11.0. The fourth-order valence-electron chi connectivity index (χ4n) is 2.70.